The fourth-order valence-electron chi connectivity index (χ4n) is 2.79. The Bertz CT molecular complexity index is 834. The molecule has 2 aromatic rings. The van der Waals surface area contributed by atoms with Crippen molar-refractivity contribution in [3.63, 3.8) is 0 Å². The molecule has 1 fully saturated rings. The van der Waals surface area contributed by atoms with Crippen molar-refractivity contribution in [3.8, 4) is 0 Å². The van der Waals surface area contributed by atoms with Gasteiger partial charge in [-0.05, 0) is 18.1 Å². The van der Waals surface area contributed by atoms with E-state index in [1.54, 1.807) is 6.20 Å². The number of carbonyl (C=O) groups excluding carboxylic acids is 1. The summed E-state index contributed by atoms with van der Waals surface area (Å²) in [7, 11) is 0. The molecule has 1 saturated heterocycles. The molecule has 0 aliphatic carbocycles. The minimum Gasteiger partial charge on any atom is -0.475 e. The second-order valence-corrected chi connectivity index (χ2v) is 6.60. The first-order valence-corrected chi connectivity index (χ1v) is 9.03. The lowest BCUT2D eigenvalue weighted by molar-refractivity contribution is -0.192. The number of halogens is 4. The predicted octanol–water partition coefficient (Wildman–Crippen LogP) is 3.48. The number of amides is 1. The molecule has 1 aliphatic rings. The maximum Gasteiger partial charge on any atom is 0.490 e. The van der Waals surface area contributed by atoms with Crippen molar-refractivity contribution in [3.05, 3.63) is 64.9 Å². The van der Waals surface area contributed by atoms with Crippen LogP contribution in [0.2, 0.25) is 5.15 Å². The highest BCUT2D eigenvalue weighted by Crippen LogP contribution is 2.24. The molecule has 3 N–H and O–H groups in total. The third-order valence-corrected chi connectivity index (χ3v) is 4.53. The van der Waals surface area contributed by atoms with Gasteiger partial charge >= 0.3 is 12.1 Å². The van der Waals surface area contributed by atoms with Gasteiger partial charge in [-0.3, -0.25) is 4.79 Å². The van der Waals surface area contributed by atoms with Gasteiger partial charge in [0.2, 0.25) is 5.91 Å². The average Bonchev–Trinajstić information content (AvgIpc) is 2.68. The first kappa shape index (κ1) is 22.6. The van der Waals surface area contributed by atoms with E-state index in [9.17, 15) is 18.0 Å². The molecule has 3 rings (SSSR count). The second-order valence-electron chi connectivity index (χ2n) is 6.24. The molecule has 1 amide bonds. The Balaban J connectivity index is 0.000000370. The van der Waals surface area contributed by atoms with Gasteiger partial charge in [0.25, 0.3) is 0 Å². The maximum atomic E-state index is 11.8. The third kappa shape index (κ3) is 7.03. The summed E-state index contributed by atoms with van der Waals surface area (Å²) in [4.78, 5) is 24.7. The van der Waals surface area contributed by atoms with Gasteiger partial charge in [-0.15, -0.1) is 0 Å². The number of hydrogen-bond donors (Lipinski definition) is 3. The number of piperidine rings is 1. The van der Waals surface area contributed by atoms with E-state index in [4.69, 9.17) is 21.5 Å². The van der Waals surface area contributed by atoms with E-state index < -0.39 is 12.1 Å². The van der Waals surface area contributed by atoms with Gasteiger partial charge in [0, 0.05) is 30.8 Å². The van der Waals surface area contributed by atoms with Crippen molar-refractivity contribution < 1.29 is 27.9 Å². The van der Waals surface area contributed by atoms with Crippen molar-refractivity contribution in [1.82, 2.24) is 15.6 Å². The standard InChI is InChI=1S/C17H18ClN3O.C2HF3O2/c18-17-13(7-4-10-19-17)11-20-14-8-9-15(22)21-16(14)12-5-2-1-3-6-12;3-2(4,5)1(6)7/h1-7,10,14,16,20H,8-9,11H2,(H,21,22);(H,6,7)/t14-,16+;/m1./s1. The summed E-state index contributed by atoms with van der Waals surface area (Å²) in [5.41, 5.74) is 2.08. The quantitative estimate of drug-likeness (QED) is 0.647. The van der Waals surface area contributed by atoms with Crippen LogP contribution in [0.3, 0.4) is 0 Å². The second kappa shape index (κ2) is 10.2. The molecule has 2 heterocycles. The largest absolute Gasteiger partial charge is 0.490 e. The monoisotopic (exact) mass is 429 g/mol. The number of aliphatic carboxylic acids is 1. The minimum absolute atomic E-state index is 0.0158. The smallest absolute Gasteiger partial charge is 0.475 e. The first-order valence-electron chi connectivity index (χ1n) is 8.65. The van der Waals surface area contributed by atoms with Crippen LogP contribution in [0.1, 0.15) is 30.0 Å². The number of nitrogens with one attached hydrogen (secondary N) is 2. The molecule has 1 aromatic heterocycles. The molecule has 2 atom stereocenters. The molecule has 156 valence electrons. The van der Waals surface area contributed by atoms with E-state index in [0.717, 1.165) is 17.5 Å². The van der Waals surface area contributed by atoms with E-state index in [2.05, 4.69) is 15.6 Å². The van der Waals surface area contributed by atoms with E-state index in [-0.39, 0.29) is 18.0 Å². The molecule has 1 aliphatic heterocycles. The van der Waals surface area contributed by atoms with Crippen LogP contribution in [0.15, 0.2) is 48.7 Å². The van der Waals surface area contributed by atoms with Crippen molar-refractivity contribution in [2.75, 3.05) is 0 Å². The van der Waals surface area contributed by atoms with Crippen LogP contribution in [0.25, 0.3) is 0 Å². The molecule has 0 unspecified atom stereocenters. The molecule has 29 heavy (non-hydrogen) atoms. The van der Waals surface area contributed by atoms with E-state index in [1.807, 2.05) is 42.5 Å². The van der Waals surface area contributed by atoms with Crippen LogP contribution in [0.4, 0.5) is 13.2 Å². The van der Waals surface area contributed by atoms with Crippen molar-refractivity contribution in [2.24, 2.45) is 0 Å². The predicted molar refractivity (Wildman–Crippen MR) is 100 cm³/mol. The first-order chi connectivity index (χ1) is 13.7. The molecular weight excluding hydrogens is 411 g/mol. The molecule has 6 nitrogen and oxygen atoms in total. The Morgan fingerprint density at radius 3 is 2.48 bits per heavy atom. The summed E-state index contributed by atoms with van der Waals surface area (Å²) >= 11 is 6.10. The molecule has 0 spiro atoms. The molecule has 0 radical (unpaired) electrons. The van der Waals surface area contributed by atoms with Gasteiger partial charge in [-0.2, -0.15) is 13.2 Å². The summed E-state index contributed by atoms with van der Waals surface area (Å²) in [5, 5.41) is 14.2. The highest BCUT2D eigenvalue weighted by Gasteiger charge is 2.38. The lowest BCUT2D eigenvalue weighted by Crippen LogP contribution is -2.48. The number of carbonyl (C=O) groups is 2. The summed E-state index contributed by atoms with van der Waals surface area (Å²) in [5.74, 6) is -2.65. The zero-order chi connectivity index (χ0) is 21.4. The van der Waals surface area contributed by atoms with Gasteiger partial charge < -0.3 is 15.7 Å². The zero-order valence-electron chi connectivity index (χ0n) is 15.1. The fraction of sp³-hybridized carbons (Fsp3) is 0.316. The summed E-state index contributed by atoms with van der Waals surface area (Å²) in [6, 6.07) is 14.0. The third-order valence-electron chi connectivity index (χ3n) is 4.19. The Morgan fingerprint density at radius 1 is 1.24 bits per heavy atom. The molecular formula is C19H19ClF3N3O3. The molecule has 0 bridgehead atoms. The highest BCUT2D eigenvalue weighted by molar-refractivity contribution is 6.30. The number of carboxylic acid groups (broad SMARTS) is 1. The van der Waals surface area contributed by atoms with Gasteiger partial charge in [0.15, 0.2) is 0 Å². The fourth-order valence-corrected chi connectivity index (χ4v) is 2.97. The van der Waals surface area contributed by atoms with Gasteiger partial charge in [-0.25, -0.2) is 9.78 Å². The topological polar surface area (TPSA) is 91.3 Å². The summed E-state index contributed by atoms with van der Waals surface area (Å²) in [6.07, 6.45) is -2.05. The number of benzene rings is 1. The highest BCUT2D eigenvalue weighted by atomic mass is 35.5. The number of aromatic nitrogens is 1. The number of alkyl halides is 3. The number of pyridine rings is 1. The van der Waals surface area contributed by atoms with Crippen molar-refractivity contribution >= 4 is 23.5 Å². The van der Waals surface area contributed by atoms with E-state index >= 15 is 0 Å². The van der Waals surface area contributed by atoms with Crippen LogP contribution in [-0.4, -0.2) is 34.2 Å². The lowest BCUT2D eigenvalue weighted by atomic mass is 9.92. The number of carboxylic acids is 1. The Hall–Kier alpha value is -2.65. The number of nitrogens with zero attached hydrogens (tertiary/aromatic N) is 1. The van der Waals surface area contributed by atoms with Gasteiger partial charge in [-0.1, -0.05) is 48.0 Å². The maximum absolute atomic E-state index is 11.8. The van der Waals surface area contributed by atoms with Gasteiger partial charge in [0.05, 0.1) is 6.04 Å². The minimum atomic E-state index is -5.08. The number of hydrogen-bond acceptors (Lipinski definition) is 4. The molecule has 10 heteroatoms. The van der Waals surface area contributed by atoms with Gasteiger partial charge in [0.1, 0.15) is 5.15 Å². The van der Waals surface area contributed by atoms with E-state index in [0.29, 0.717) is 18.1 Å². The summed E-state index contributed by atoms with van der Waals surface area (Å²) < 4.78 is 31.7. The Morgan fingerprint density at radius 2 is 1.90 bits per heavy atom. The molecule has 0 saturated carbocycles. The average molecular weight is 430 g/mol. The normalized spacial score (nSPS) is 19.0. The Kier molecular flexibility index (Phi) is 7.98. The van der Waals surface area contributed by atoms with Crippen LogP contribution >= 0.6 is 11.6 Å². The lowest BCUT2D eigenvalue weighted by Gasteiger charge is -2.33. The zero-order valence-corrected chi connectivity index (χ0v) is 15.9. The van der Waals surface area contributed by atoms with Crippen molar-refractivity contribution in [1.29, 1.82) is 0 Å². The van der Waals surface area contributed by atoms with Crippen LogP contribution in [-0.2, 0) is 16.1 Å². The van der Waals surface area contributed by atoms with Crippen LogP contribution in [0.5, 0.6) is 0 Å². The van der Waals surface area contributed by atoms with Crippen molar-refractivity contribution in [2.45, 2.75) is 37.6 Å². The molecule has 1 aromatic carbocycles. The Labute approximate surface area is 170 Å². The summed E-state index contributed by atoms with van der Waals surface area (Å²) in [6.45, 7) is 0.635. The number of rotatable bonds is 4. The SMILES string of the molecule is O=C(O)C(F)(F)F.O=C1CC[C@@H](NCc2cccnc2Cl)[C@H](c2ccccc2)N1. The van der Waals surface area contributed by atoms with Crippen LogP contribution < -0.4 is 10.6 Å². The van der Waals surface area contributed by atoms with E-state index in [1.165, 1.54) is 0 Å². The van der Waals surface area contributed by atoms with Crippen LogP contribution in [0, 0.1) is 0 Å².